The quantitative estimate of drug-likeness (QED) is 0.104. The van der Waals surface area contributed by atoms with E-state index in [1.54, 1.807) is 54.1 Å². The molecule has 0 radical (unpaired) electrons. The molecule has 7 nitrogen and oxygen atoms in total. The molecule has 3 amide bonds. The SMILES string of the molecule is O=C(Nc1ccc(SC(C(=O)Nc2nccs2)c2ccccc2)cc1)/C(=C/c1cccc(Br)c1)NC(=O)c1ccccc1. The van der Waals surface area contributed by atoms with Crippen LogP contribution < -0.4 is 16.0 Å². The Hall–Kier alpha value is -4.51. The number of hydrogen-bond acceptors (Lipinski definition) is 6. The van der Waals surface area contributed by atoms with Crippen LogP contribution in [-0.4, -0.2) is 22.7 Å². The molecule has 0 bridgehead atoms. The first-order valence-electron chi connectivity index (χ1n) is 13.1. The number of nitrogens with one attached hydrogen (secondary N) is 3. The predicted molar refractivity (Wildman–Crippen MR) is 177 cm³/mol. The monoisotopic (exact) mass is 668 g/mol. The van der Waals surface area contributed by atoms with Gasteiger partial charge in [-0.25, -0.2) is 4.98 Å². The molecule has 0 saturated carbocycles. The van der Waals surface area contributed by atoms with Crippen LogP contribution in [0, 0.1) is 0 Å². The number of halogens is 1. The highest BCUT2D eigenvalue weighted by Gasteiger charge is 2.23. The highest BCUT2D eigenvalue weighted by molar-refractivity contribution is 9.10. The van der Waals surface area contributed by atoms with Crippen molar-refractivity contribution < 1.29 is 14.4 Å². The van der Waals surface area contributed by atoms with Crippen molar-refractivity contribution in [3.05, 3.63) is 148 Å². The van der Waals surface area contributed by atoms with Gasteiger partial charge in [-0.15, -0.1) is 23.1 Å². The van der Waals surface area contributed by atoms with Gasteiger partial charge in [0.2, 0.25) is 5.91 Å². The van der Waals surface area contributed by atoms with Crippen LogP contribution in [0.2, 0.25) is 0 Å². The van der Waals surface area contributed by atoms with Crippen LogP contribution in [0.15, 0.2) is 136 Å². The average Bonchev–Trinajstić information content (AvgIpc) is 3.54. The molecule has 1 unspecified atom stereocenters. The number of hydrogen-bond donors (Lipinski definition) is 3. The molecule has 0 aliphatic carbocycles. The largest absolute Gasteiger partial charge is 0.321 e. The lowest BCUT2D eigenvalue weighted by Crippen LogP contribution is -2.30. The first-order chi connectivity index (χ1) is 20.9. The van der Waals surface area contributed by atoms with E-state index in [2.05, 4.69) is 36.9 Å². The smallest absolute Gasteiger partial charge is 0.272 e. The lowest BCUT2D eigenvalue weighted by atomic mass is 10.1. The predicted octanol–water partition coefficient (Wildman–Crippen LogP) is 7.79. The lowest BCUT2D eigenvalue weighted by Gasteiger charge is -2.16. The number of amides is 3. The summed E-state index contributed by atoms with van der Waals surface area (Å²) in [5.74, 6) is -1.05. The fourth-order valence-electron chi connectivity index (χ4n) is 4.01. The highest BCUT2D eigenvalue weighted by atomic mass is 79.9. The number of aromatic nitrogens is 1. The minimum atomic E-state index is -0.515. The van der Waals surface area contributed by atoms with Crippen LogP contribution >= 0.6 is 39.0 Å². The Morgan fingerprint density at radius 1 is 0.837 bits per heavy atom. The van der Waals surface area contributed by atoms with Gasteiger partial charge in [0, 0.05) is 32.2 Å². The Kier molecular flexibility index (Phi) is 10.2. The molecular formula is C33H25BrN4O3S2. The van der Waals surface area contributed by atoms with Crippen molar-refractivity contribution in [1.29, 1.82) is 0 Å². The lowest BCUT2D eigenvalue weighted by molar-refractivity contribution is -0.116. The van der Waals surface area contributed by atoms with Gasteiger partial charge in [-0.05, 0) is 65.7 Å². The highest BCUT2D eigenvalue weighted by Crippen LogP contribution is 2.37. The van der Waals surface area contributed by atoms with Crippen LogP contribution in [0.4, 0.5) is 10.8 Å². The molecule has 0 aliphatic rings. The summed E-state index contributed by atoms with van der Waals surface area (Å²) in [7, 11) is 0. The van der Waals surface area contributed by atoms with Crippen molar-refractivity contribution in [2.24, 2.45) is 0 Å². The summed E-state index contributed by atoms with van der Waals surface area (Å²) in [4.78, 5) is 44.5. The molecule has 43 heavy (non-hydrogen) atoms. The van der Waals surface area contributed by atoms with Crippen molar-refractivity contribution in [2.75, 3.05) is 10.6 Å². The molecule has 5 aromatic rings. The van der Waals surface area contributed by atoms with Gasteiger partial charge in [-0.1, -0.05) is 76.6 Å². The zero-order valence-corrected chi connectivity index (χ0v) is 25.8. The van der Waals surface area contributed by atoms with E-state index < -0.39 is 17.1 Å². The van der Waals surface area contributed by atoms with E-state index in [4.69, 9.17) is 0 Å². The van der Waals surface area contributed by atoms with Gasteiger partial charge in [0.15, 0.2) is 5.13 Å². The Morgan fingerprint density at radius 3 is 2.23 bits per heavy atom. The number of thiazole rings is 1. The van der Waals surface area contributed by atoms with E-state index in [0.717, 1.165) is 20.5 Å². The van der Waals surface area contributed by atoms with E-state index in [-0.39, 0.29) is 11.6 Å². The minimum Gasteiger partial charge on any atom is -0.321 e. The minimum absolute atomic E-state index is 0.0911. The summed E-state index contributed by atoms with van der Waals surface area (Å²) in [5, 5.41) is 10.3. The molecular weight excluding hydrogens is 644 g/mol. The van der Waals surface area contributed by atoms with Crippen molar-refractivity contribution >= 4 is 73.6 Å². The third-order valence-corrected chi connectivity index (χ3v) is 8.51. The van der Waals surface area contributed by atoms with Crippen LogP contribution in [0.1, 0.15) is 26.7 Å². The Labute approximate surface area is 265 Å². The van der Waals surface area contributed by atoms with Crippen molar-refractivity contribution in [3.63, 3.8) is 0 Å². The Morgan fingerprint density at radius 2 is 1.56 bits per heavy atom. The maximum absolute atomic E-state index is 13.4. The number of anilines is 2. The summed E-state index contributed by atoms with van der Waals surface area (Å²) < 4.78 is 0.845. The molecule has 0 aliphatic heterocycles. The number of nitrogens with zero attached hydrogens (tertiary/aromatic N) is 1. The fraction of sp³-hybridized carbons (Fsp3) is 0.0303. The summed E-state index contributed by atoms with van der Waals surface area (Å²) in [5.41, 5.74) is 2.65. The molecule has 214 valence electrons. The fourth-order valence-corrected chi connectivity index (χ4v) is 5.99. The van der Waals surface area contributed by atoms with Gasteiger partial charge in [-0.3, -0.25) is 14.4 Å². The molecule has 1 aromatic heterocycles. The summed E-state index contributed by atoms with van der Waals surface area (Å²) in [6, 6.07) is 32.8. The van der Waals surface area contributed by atoms with Crippen LogP contribution in [0.25, 0.3) is 6.08 Å². The molecule has 3 N–H and O–H groups in total. The topological polar surface area (TPSA) is 100 Å². The zero-order valence-electron chi connectivity index (χ0n) is 22.6. The van der Waals surface area contributed by atoms with E-state index in [1.165, 1.54) is 23.1 Å². The average molecular weight is 670 g/mol. The van der Waals surface area contributed by atoms with Crippen LogP contribution in [0.3, 0.4) is 0 Å². The second kappa shape index (κ2) is 14.6. The summed E-state index contributed by atoms with van der Waals surface area (Å²) >= 11 is 6.20. The van der Waals surface area contributed by atoms with Crippen molar-refractivity contribution in [1.82, 2.24) is 10.3 Å². The molecule has 10 heteroatoms. The third-order valence-electron chi connectivity index (χ3n) is 6.06. The second-order valence-corrected chi connectivity index (χ2v) is 12.1. The van der Waals surface area contributed by atoms with Crippen LogP contribution in [-0.2, 0) is 9.59 Å². The van der Waals surface area contributed by atoms with Gasteiger partial charge < -0.3 is 16.0 Å². The van der Waals surface area contributed by atoms with Crippen molar-refractivity contribution in [2.45, 2.75) is 10.1 Å². The third kappa shape index (κ3) is 8.51. The number of carbonyl (C=O) groups is 3. The summed E-state index contributed by atoms with van der Waals surface area (Å²) in [6.45, 7) is 0. The first kappa shape index (κ1) is 30.0. The molecule has 0 saturated heterocycles. The van der Waals surface area contributed by atoms with E-state index in [0.29, 0.717) is 16.4 Å². The maximum atomic E-state index is 13.4. The molecule has 4 aromatic carbocycles. The first-order valence-corrected chi connectivity index (χ1v) is 15.7. The molecule has 0 spiro atoms. The maximum Gasteiger partial charge on any atom is 0.272 e. The molecule has 1 heterocycles. The molecule has 1 atom stereocenters. The number of carbonyl (C=O) groups excluding carboxylic acids is 3. The van der Waals surface area contributed by atoms with E-state index in [9.17, 15) is 14.4 Å². The molecule has 0 fully saturated rings. The van der Waals surface area contributed by atoms with Gasteiger partial charge in [0.1, 0.15) is 10.9 Å². The Balaban J connectivity index is 1.32. The number of benzene rings is 4. The van der Waals surface area contributed by atoms with Crippen molar-refractivity contribution in [3.8, 4) is 0 Å². The molecule has 5 rings (SSSR count). The van der Waals surface area contributed by atoms with Gasteiger partial charge in [0.25, 0.3) is 11.8 Å². The summed E-state index contributed by atoms with van der Waals surface area (Å²) in [6.07, 6.45) is 3.27. The van der Waals surface area contributed by atoms with Gasteiger partial charge in [0.05, 0.1) is 0 Å². The number of rotatable bonds is 10. The standard InChI is InChI=1S/C33H25BrN4O3S2/c34-25-13-7-8-22(20-25)21-28(37-30(39)24-11-5-2-6-12-24)31(40)36-26-14-16-27(17-15-26)43-29(23-9-3-1-4-10-23)32(41)38-33-35-18-19-42-33/h1-21,29H,(H,36,40)(H,37,39)(H,35,38,41)/b28-21-. The Bertz CT molecular complexity index is 1730. The van der Waals surface area contributed by atoms with Crippen LogP contribution in [0.5, 0.6) is 0 Å². The zero-order chi connectivity index (χ0) is 30.0. The van der Waals surface area contributed by atoms with E-state index in [1.807, 2.05) is 72.8 Å². The normalized spacial score (nSPS) is 11.8. The number of thioether (sulfide) groups is 1. The van der Waals surface area contributed by atoms with E-state index >= 15 is 0 Å². The second-order valence-electron chi connectivity index (χ2n) is 9.15. The van der Waals surface area contributed by atoms with Gasteiger partial charge in [-0.2, -0.15) is 0 Å². The van der Waals surface area contributed by atoms with Gasteiger partial charge >= 0.3 is 0 Å².